The summed E-state index contributed by atoms with van der Waals surface area (Å²) in [7, 11) is 1.29. The Morgan fingerprint density at radius 1 is 1.10 bits per heavy atom. The predicted octanol–water partition coefficient (Wildman–Crippen LogP) is 1.21. The Morgan fingerprint density at radius 2 is 1.73 bits per heavy atom. The molecule has 0 aromatic carbocycles. The Labute approximate surface area is 178 Å². The first-order valence-corrected chi connectivity index (χ1v) is 10.3. The van der Waals surface area contributed by atoms with Gasteiger partial charge in [0.1, 0.15) is 29.5 Å². The maximum Gasteiger partial charge on any atom is 0.330 e. The fraction of sp³-hybridized carbons (Fsp3) is 0.773. The Morgan fingerprint density at radius 3 is 2.33 bits per heavy atom. The summed E-state index contributed by atoms with van der Waals surface area (Å²) in [6, 6.07) is 0. The Balaban J connectivity index is 2.37. The molecule has 8 nitrogen and oxygen atoms in total. The number of ether oxygens (including phenoxy) is 3. The lowest BCUT2D eigenvalue weighted by Gasteiger charge is -2.57. The molecule has 2 aliphatic rings. The van der Waals surface area contributed by atoms with Crippen molar-refractivity contribution in [2.75, 3.05) is 7.11 Å². The fourth-order valence-corrected chi connectivity index (χ4v) is 4.43. The van der Waals surface area contributed by atoms with Gasteiger partial charge in [0, 0.05) is 6.08 Å². The minimum absolute atomic E-state index is 0.483. The molecule has 0 bridgehead atoms. The van der Waals surface area contributed by atoms with Crippen LogP contribution in [0.1, 0.15) is 53.9 Å². The Kier molecular flexibility index (Phi) is 7.54. The SMILES string of the molecule is COC(=O)/C=C(C)/C=C/[C@@]1(O)C(C)(C)CCC[C@@]1(C)O[C@@H]1O[C@H](C)[C@@H](O)[C@H](O)[C@H]1O. The van der Waals surface area contributed by atoms with Crippen molar-refractivity contribution in [3.63, 3.8) is 0 Å². The monoisotopic (exact) mass is 428 g/mol. The van der Waals surface area contributed by atoms with E-state index in [0.717, 1.165) is 12.8 Å². The second kappa shape index (κ2) is 9.06. The van der Waals surface area contributed by atoms with Crippen molar-refractivity contribution >= 4 is 5.97 Å². The summed E-state index contributed by atoms with van der Waals surface area (Å²) in [5.74, 6) is -0.494. The molecule has 7 atom stereocenters. The lowest BCUT2D eigenvalue weighted by Crippen LogP contribution is -2.67. The number of aliphatic hydroxyl groups is 4. The molecule has 172 valence electrons. The number of hydrogen-bond donors (Lipinski definition) is 4. The maximum absolute atomic E-state index is 11.9. The summed E-state index contributed by atoms with van der Waals surface area (Å²) in [5, 5.41) is 42.3. The third-order valence-corrected chi connectivity index (χ3v) is 6.61. The van der Waals surface area contributed by atoms with Crippen LogP contribution in [-0.4, -0.2) is 75.4 Å². The van der Waals surface area contributed by atoms with Gasteiger partial charge in [0.15, 0.2) is 6.29 Å². The zero-order valence-corrected chi connectivity index (χ0v) is 18.7. The van der Waals surface area contributed by atoms with E-state index in [9.17, 15) is 25.2 Å². The lowest BCUT2D eigenvalue weighted by molar-refractivity contribution is -0.348. The van der Waals surface area contributed by atoms with Crippen LogP contribution in [0.25, 0.3) is 0 Å². The van der Waals surface area contributed by atoms with Crippen molar-refractivity contribution in [1.29, 1.82) is 0 Å². The molecule has 0 unspecified atom stereocenters. The molecule has 0 aromatic heterocycles. The van der Waals surface area contributed by atoms with Crippen LogP contribution in [0.5, 0.6) is 0 Å². The van der Waals surface area contributed by atoms with Gasteiger partial charge in [-0.3, -0.25) is 0 Å². The molecule has 1 saturated carbocycles. The van der Waals surface area contributed by atoms with Crippen molar-refractivity contribution in [1.82, 2.24) is 0 Å². The molecule has 2 rings (SSSR count). The average Bonchev–Trinajstić information content (AvgIpc) is 2.67. The van der Waals surface area contributed by atoms with E-state index in [-0.39, 0.29) is 0 Å². The van der Waals surface area contributed by atoms with Crippen LogP contribution >= 0.6 is 0 Å². The van der Waals surface area contributed by atoms with Crippen molar-refractivity contribution in [3.05, 3.63) is 23.8 Å². The molecule has 4 N–H and O–H groups in total. The maximum atomic E-state index is 11.9. The van der Waals surface area contributed by atoms with E-state index < -0.39 is 53.3 Å². The molecule has 0 aromatic rings. The van der Waals surface area contributed by atoms with Crippen molar-refractivity contribution in [2.24, 2.45) is 5.41 Å². The number of hydrogen-bond acceptors (Lipinski definition) is 8. The number of carbonyl (C=O) groups is 1. The molecular formula is C22H36O8. The van der Waals surface area contributed by atoms with Gasteiger partial charge in [0.25, 0.3) is 0 Å². The van der Waals surface area contributed by atoms with Gasteiger partial charge < -0.3 is 34.6 Å². The van der Waals surface area contributed by atoms with E-state index in [1.165, 1.54) is 13.2 Å². The van der Waals surface area contributed by atoms with Crippen LogP contribution < -0.4 is 0 Å². The molecule has 8 heteroatoms. The summed E-state index contributed by atoms with van der Waals surface area (Å²) < 4.78 is 16.4. The number of esters is 1. The zero-order chi connectivity index (χ0) is 22.9. The van der Waals surface area contributed by atoms with Crippen molar-refractivity contribution in [2.45, 2.75) is 95.8 Å². The molecule has 0 spiro atoms. The number of aliphatic hydroxyl groups excluding tert-OH is 3. The van der Waals surface area contributed by atoms with E-state index >= 15 is 0 Å². The zero-order valence-electron chi connectivity index (χ0n) is 18.7. The Bertz CT molecular complexity index is 687. The molecule has 1 heterocycles. The topological polar surface area (TPSA) is 126 Å². The number of carbonyl (C=O) groups excluding carboxylic acids is 1. The summed E-state index contributed by atoms with van der Waals surface area (Å²) in [6.07, 6.45) is 0.485. The van der Waals surface area contributed by atoms with E-state index in [0.29, 0.717) is 12.0 Å². The van der Waals surface area contributed by atoms with Crippen LogP contribution in [0.15, 0.2) is 23.8 Å². The molecule has 1 saturated heterocycles. The highest BCUT2D eigenvalue weighted by Gasteiger charge is 2.59. The van der Waals surface area contributed by atoms with Crippen LogP contribution in [0.2, 0.25) is 0 Å². The minimum Gasteiger partial charge on any atom is -0.466 e. The van der Waals surface area contributed by atoms with Gasteiger partial charge in [-0.2, -0.15) is 0 Å². The van der Waals surface area contributed by atoms with Gasteiger partial charge in [0.05, 0.1) is 13.2 Å². The molecule has 1 aliphatic heterocycles. The highest BCUT2D eigenvalue weighted by atomic mass is 16.7. The van der Waals surface area contributed by atoms with E-state index in [4.69, 9.17) is 9.47 Å². The molecule has 0 amide bonds. The summed E-state index contributed by atoms with van der Waals surface area (Å²) in [6.45, 7) is 8.90. The van der Waals surface area contributed by atoms with Gasteiger partial charge >= 0.3 is 5.97 Å². The van der Waals surface area contributed by atoms with Crippen molar-refractivity contribution in [3.8, 4) is 0 Å². The number of rotatable bonds is 5. The van der Waals surface area contributed by atoms with E-state index in [2.05, 4.69) is 4.74 Å². The highest BCUT2D eigenvalue weighted by molar-refractivity contribution is 5.83. The molecule has 30 heavy (non-hydrogen) atoms. The van der Waals surface area contributed by atoms with E-state index in [1.54, 1.807) is 32.9 Å². The summed E-state index contributed by atoms with van der Waals surface area (Å²) in [5.41, 5.74) is -2.63. The van der Waals surface area contributed by atoms with Crippen LogP contribution in [0.4, 0.5) is 0 Å². The molecule has 1 aliphatic carbocycles. The Hall–Kier alpha value is -1.29. The summed E-state index contributed by atoms with van der Waals surface area (Å²) in [4.78, 5) is 11.5. The molecule has 0 radical (unpaired) electrons. The first kappa shape index (κ1) is 25.0. The number of methoxy groups -OCH3 is 1. The quantitative estimate of drug-likeness (QED) is 0.292. The normalized spacial score (nSPS) is 42.3. The standard InChI is InChI=1S/C22H36O8/c1-13(12-15(23)28-6)8-11-22(27)20(3,4)9-7-10-21(22,5)30-19-18(26)17(25)16(24)14(2)29-19/h8,11-12,14,16-19,24-27H,7,9-10H2,1-6H3/b11-8+,13-12+/t14-,16-,17+,18-,19+,21-,22-/m1/s1. The second-order valence-corrected chi connectivity index (χ2v) is 9.28. The van der Waals surface area contributed by atoms with Crippen LogP contribution in [0, 0.1) is 5.41 Å². The van der Waals surface area contributed by atoms with Gasteiger partial charge in [-0.1, -0.05) is 19.9 Å². The third kappa shape index (κ3) is 4.64. The largest absolute Gasteiger partial charge is 0.466 e. The third-order valence-electron chi connectivity index (χ3n) is 6.61. The highest BCUT2D eigenvalue weighted by Crippen LogP contribution is 2.52. The average molecular weight is 429 g/mol. The first-order valence-electron chi connectivity index (χ1n) is 10.3. The van der Waals surface area contributed by atoms with Gasteiger partial charge in [0.2, 0.25) is 0 Å². The minimum atomic E-state index is -1.48. The summed E-state index contributed by atoms with van der Waals surface area (Å²) >= 11 is 0. The molecule has 2 fully saturated rings. The van der Waals surface area contributed by atoms with Crippen LogP contribution in [-0.2, 0) is 19.0 Å². The lowest BCUT2D eigenvalue weighted by atomic mass is 9.58. The van der Waals surface area contributed by atoms with Crippen molar-refractivity contribution < 1.29 is 39.4 Å². The van der Waals surface area contributed by atoms with Gasteiger partial charge in [-0.05, 0) is 57.1 Å². The van der Waals surface area contributed by atoms with E-state index in [1.807, 2.05) is 13.8 Å². The smallest absolute Gasteiger partial charge is 0.330 e. The fourth-order valence-electron chi connectivity index (χ4n) is 4.43. The second-order valence-electron chi connectivity index (χ2n) is 9.28. The van der Waals surface area contributed by atoms with Crippen LogP contribution in [0.3, 0.4) is 0 Å². The predicted molar refractivity (Wildman–Crippen MR) is 109 cm³/mol. The first-order chi connectivity index (χ1) is 13.8. The van der Waals surface area contributed by atoms with Gasteiger partial charge in [-0.15, -0.1) is 0 Å². The number of allylic oxidation sites excluding steroid dienone is 2. The molecular weight excluding hydrogens is 392 g/mol. The van der Waals surface area contributed by atoms with Gasteiger partial charge in [-0.25, -0.2) is 4.79 Å².